The number of halogens is 3. The Morgan fingerprint density at radius 1 is 0.923 bits per heavy atom. The molecular weight excluding hydrogens is 509 g/mol. The summed E-state index contributed by atoms with van der Waals surface area (Å²) in [6.07, 6.45) is -2.25. The summed E-state index contributed by atoms with van der Waals surface area (Å²) in [6, 6.07) is 17.8. The molecule has 0 aliphatic heterocycles. The second-order valence-corrected chi connectivity index (χ2v) is 9.62. The summed E-state index contributed by atoms with van der Waals surface area (Å²) in [6.45, 7) is 7.86. The molecule has 1 heterocycles. The van der Waals surface area contributed by atoms with Gasteiger partial charge in [0.25, 0.3) is 5.76 Å². The van der Waals surface area contributed by atoms with Crippen molar-refractivity contribution in [3.8, 4) is 17.2 Å². The molecule has 0 fully saturated rings. The zero-order valence-corrected chi connectivity index (χ0v) is 21.8. The van der Waals surface area contributed by atoms with E-state index in [1.807, 2.05) is 38.1 Å². The predicted octanol–water partition coefficient (Wildman–Crippen LogP) is 8.47. The van der Waals surface area contributed by atoms with Crippen LogP contribution in [0.3, 0.4) is 0 Å². The van der Waals surface area contributed by atoms with Crippen LogP contribution in [0.1, 0.15) is 62.0 Å². The molecule has 0 saturated heterocycles. The zero-order valence-electron chi connectivity index (χ0n) is 21.8. The summed E-state index contributed by atoms with van der Waals surface area (Å²) in [5.41, 5.74) is 1.18. The summed E-state index contributed by atoms with van der Waals surface area (Å²) in [5.74, 6) is -2.92. The maximum Gasteiger partial charge on any atom is 0.453 e. The average Bonchev–Trinajstić information content (AvgIpc) is 2.88. The van der Waals surface area contributed by atoms with Crippen molar-refractivity contribution in [2.45, 2.75) is 45.7 Å². The van der Waals surface area contributed by atoms with Gasteiger partial charge in [0.15, 0.2) is 0 Å². The van der Waals surface area contributed by atoms with Crippen LogP contribution in [0.15, 0.2) is 82.0 Å². The lowest BCUT2D eigenvalue weighted by atomic mass is 10.0. The molecule has 0 radical (unpaired) electrons. The largest absolute Gasteiger partial charge is 0.453 e. The minimum atomic E-state index is -5.02. The summed E-state index contributed by atoms with van der Waals surface area (Å²) >= 11 is 0. The summed E-state index contributed by atoms with van der Waals surface area (Å²) in [7, 11) is 0. The molecule has 0 aliphatic carbocycles. The average molecular weight is 537 g/mol. The molecule has 0 N–H and O–H groups in total. The van der Waals surface area contributed by atoms with Crippen LogP contribution < -0.4 is 14.9 Å². The lowest BCUT2D eigenvalue weighted by molar-refractivity contribution is -0.154. The third-order valence-electron chi connectivity index (χ3n) is 6.07. The van der Waals surface area contributed by atoms with Gasteiger partial charge >= 0.3 is 12.1 Å². The Bertz CT molecular complexity index is 1580. The molecule has 0 spiro atoms. The molecular formula is C31H27F3O5. The Morgan fingerprint density at radius 3 is 2.26 bits per heavy atom. The van der Waals surface area contributed by atoms with Gasteiger partial charge in [0.05, 0.1) is 5.39 Å². The van der Waals surface area contributed by atoms with Gasteiger partial charge in [0, 0.05) is 12.1 Å². The first kappa shape index (κ1) is 27.7. The maximum atomic E-state index is 14.0. The highest BCUT2D eigenvalue weighted by molar-refractivity contribution is 5.89. The number of fused-ring (bicyclic) bond motifs is 1. The lowest BCUT2D eigenvalue weighted by Crippen LogP contribution is -2.16. The number of hydrogen-bond donors (Lipinski definition) is 0. The normalized spacial score (nSPS) is 12.0. The molecule has 4 aromatic rings. The van der Waals surface area contributed by atoms with E-state index in [1.54, 1.807) is 24.3 Å². The van der Waals surface area contributed by atoms with E-state index in [0.29, 0.717) is 11.5 Å². The fourth-order valence-electron chi connectivity index (χ4n) is 3.97. The molecule has 4 rings (SSSR count). The van der Waals surface area contributed by atoms with Gasteiger partial charge in [0.1, 0.15) is 17.1 Å². The number of esters is 1. The van der Waals surface area contributed by atoms with E-state index in [-0.39, 0.29) is 22.8 Å². The van der Waals surface area contributed by atoms with Crippen molar-refractivity contribution in [1.29, 1.82) is 0 Å². The Balaban J connectivity index is 1.64. The first-order valence-corrected chi connectivity index (χ1v) is 12.4. The van der Waals surface area contributed by atoms with Crippen molar-refractivity contribution >= 4 is 23.0 Å². The van der Waals surface area contributed by atoms with Gasteiger partial charge in [-0.15, -0.1) is 0 Å². The monoisotopic (exact) mass is 536 g/mol. The highest BCUT2D eigenvalue weighted by Crippen LogP contribution is 2.40. The van der Waals surface area contributed by atoms with E-state index in [0.717, 1.165) is 17.2 Å². The molecule has 5 nitrogen and oxygen atoms in total. The molecule has 0 aliphatic rings. The van der Waals surface area contributed by atoms with E-state index in [2.05, 4.69) is 13.8 Å². The van der Waals surface area contributed by atoms with Gasteiger partial charge in [-0.2, -0.15) is 13.2 Å². The number of hydrogen-bond acceptors (Lipinski definition) is 5. The fraction of sp³-hybridized carbons (Fsp3) is 0.226. The van der Waals surface area contributed by atoms with Crippen LogP contribution in [0.25, 0.3) is 17.0 Å². The van der Waals surface area contributed by atoms with E-state index in [4.69, 9.17) is 13.9 Å². The van der Waals surface area contributed by atoms with Gasteiger partial charge in [-0.25, -0.2) is 4.79 Å². The molecule has 39 heavy (non-hydrogen) atoms. The maximum absolute atomic E-state index is 14.0. The first-order valence-electron chi connectivity index (χ1n) is 12.4. The van der Waals surface area contributed by atoms with Crippen LogP contribution in [0.5, 0.6) is 17.2 Å². The Morgan fingerprint density at radius 2 is 1.62 bits per heavy atom. The van der Waals surface area contributed by atoms with E-state index in [1.165, 1.54) is 24.3 Å². The standard InChI is InChI=1S/C31H27F3O5/c1-18(2)21-12-9-20(10-13-21)11-16-27(35)37-22-14-15-24-26(17-22)39-30(31(32,33)34)29(28(24)36)38-25-8-6-5-7-23(25)19(3)4/h5-19H,1-4H3. The van der Waals surface area contributed by atoms with Crippen LogP contribution in [0.2, 0.25) is 0 Å². The van der Waals surface area contributed by atoms with Crippen LogP contribution in [-0.4, -0.2) is 5.97 Å². The highest BCUT2D eigenvalue weighted by atomic mass is 19.4. The van der Waals surface area contributed by atoms with Crippen LogP contribution in [-0.2, 0) is 11.0 Å². The minimum Gasteiger partial charge on any atom is -0.449 e. The van der Waals surface area contributed by atoms with Gasteiger partial charge in [-0.3, -0.25) is 4.79 Å². The fourth-order valence-corrected chi connectivity index (χ4v) is 3.97. The quantitative estimate of drug-likeness (QED) is 0.135. The molecule has 1 aromatic heterocycles. The Hall–Kier alpha value is -4.33. The predicted molar refractivity (Wildman–Crippen MR) is 143 cm³/mol. The molecule has 3 aromatic carbocycles. The number of carbonyl (C=O) groups excluding carboxylic acids is 1. The molecule has 0 atom stereocenters. The Labute approximate surface area is 223 Å². The number of para-hydroxylation sites is 1. The Kier molecular flexibility index (Phi) is 7.95. The summed E-state index contributed by atoms with van der Waals surface area (Å²) in [4.78, 5) is 25.5. The minimum absolute atomic E-state index is 0.0614. The third kappa shape index (κ3) is 6.39. The summed E-state index contributed by atoms with van der Waals surface area (Å²) < 4.78 is 57.8. The van der Waals surface area contributed by atoms with Crippen molar-refractivity contribution in [1.82, 2.24) is 0 Å². The van der Waals surface area contributed by atoms with Crippen molar-refractivity contribution < 1.29 is 31.9 Å². The van der Waals surface area contributed by atoms with Gasteiger partial charge in [-0.05, 0) is 52.8 Å². The second kappa shape index (κ2) is 11.2. The topological polar surface area (TPSA) is 65.7 Å². The van der Waals surface area contributed by atoms with Crippen molar-refractivity contribution in [2.24, 2.45) is 0 Å². The first-order chi connectivity index (χ1) is 18.4. The van der Waals surface area contributed by atoms with Crippen molar-refractivity contribution in [3.05, 3.63) is 105 Å². The zero-order chi connectivity index (χ0) is 28.3. The lowest BCUT2D eigenvalue weighted by Gasteiger charge is -2.16. The molecule has 202 valence electrons. The highest BCUT2D eigenvalue weighted by Gasteiger charge is 2.40. The second-order valence-electron chi connectivity index (χ2n) is 9.62. The molecule has 0 unspecified atom stereocenters. The number of rotatable bonds is 7. The molecule has 0 amide bonds. The molecule has 0 bridgehead atoms. The van der Waals surface area contributed by atoms with Crippen molar-refractivity contribution in [3.63, 3.8) is 0 Å². The third-order valence-corrected chi connectivity index (χ3v) is 6.07. The van der Waals surface area contributed by atoms with Gasteiger partial charge < -0.3 is 13.9 Å². The number of carbonyl (C=O) groups is 1. The van der Waals surface area contributed by atoms with Crippen LogP contribution in [0.4, 0.5) is 13.2 Å². The smallest absolute Gasteiger partial charge is 0.449 e. The molecule has 0 saturated carbocycles. The van der Waals surface area contributed by atoms with Crippen LogP contribution in [0, 0.1) is 0 Å². The van der Waals surface area contributed by atoms with Gasteiger partial charge in [-0.1, -0.05) is 70.2 Å². The van der Waals surface area contributed by atoms with E-state index in [9.17, 15) is 22.8 Å². The van der Waals surface area contributed by atoms with E-state index < -0.39 is 34.7 Å². The van der Waals surface area contributed by atoms with E-state index >= 15 is 0 Å². The van der Waals surface area contributed by atoms with Gasteiger partial charge in [0.2, 0.25) is 11.2 Å². The number of ether oxygens (including phenoxy) is 2. The van der Waals surface area contributed by atoms with Crippen LogP contribution >= 0.6 is 0 Å². The van der Waals surface area contributed by atoms with Crippen molar-refractivity contribution in [2.75, 3.05) is 0 Å². The SMILES string of the molecule is CC(C)c1ccc(C=CC(=O)Oc2ccc3c(=O)c(Oc4ccccc4C(C)C)c(C(F)(F)F)oc3c2)cc1. The summed E-state index contributed by atoms with van der Waals surface area (Å²) in [5, 5.41) is -0.152. The number of alkyl halides is 3. The molecule has 8 heteroatoms. The number of benzene rings is 3.